The van der Waals surface area contributed by atoms with Crippen LogP contribution in [0.5, 0.6) is 0 Å². The highest BCUT2D eigenvalue weighted by atomic mass is 35.5. The topological polar surface area (TPSA) is 36.4 Å². The molecule has 1 aromatic heterocycles. The average molecular weight is 422 g/mol. The fourth-order valence-corrected chi connectivity index (χ4v) is 4.45. The Balaban J connectivity index is 1.94. The average Bonchev–Trinajstić information content (AvgIpc) is 3.00. The summed E-state index contributed by atoms with van der Waals surface area (Å²) in [5.41, 5.74) is 2.71. The molecule has 3 aromatic rings. The number of hydrogen-bond donors (Lipinski definition) is 0. The lowest BCUT2D eigenvalue weighted by atomic mass is 10.1. The van der Waals surface area contributed by atoms with Crippen molar-refractivity contribution < 1.29 is 4.79 Å². The molecule has 0 saturated heterocycles. The van der Waals surface area contributed by atoms with Gasteiger partial charge in [-0.3, -0.25) is 9.69 Å². The Morgan fingerprint density at radius 1 is 1.15 bits per heavy atom. The third-order valence-corrected chi connectivity index (χ3v) is 5.85. The van der Waals surface area contributed by atoms with Gasteiger partial charge in [0.05, 0.1) is 16.6 Å². The van der Waals surface area contributed by atoms with E-state index < -0.39 is 0 Å². The third-order valence-electron chi connectivity index (χ3n) is 4.24. The van der Waals surface area contributed by atoms with Crippen LogP contribution in [0.2, 0.25) is 10.0 Å². The highest BCUT2D eigenvalue weighted by Gasteiger charge is 2.21. The Morgan fingerprint density at radius 2 is 1.89 bits per heavy atom. The summed E-state index contributed by atoms with van der Waals surface area (Å²) < 4.78 is 0.982. The molecular formula is C20H21Cl2N3OS. The number of likely N-dealkylation sites (N-methyl/N-ethyl adjacent to an activating group) is 1. The SMILES string of the molecule is Cc1cc(Cl)cc2sc(N(CCN(C)C)C(=O)Cc3ccccc3Cl)nc12. The van der Waals surface area contributed by atoms with Crippen molar-refractivity contribution in [3.63, 3.8) is 0 Å². The molecule has 0 saturated carbocycles. The summed E-state index contributed by atoms with van der Waals surface area (Å²) in [4.78, 5) is 21.6. The summed E-state index contributed by atoms with van der Waals surface area (Å²) in [6, 6.07) is 11.2. The Kier molecular flexibility index (Phi) is 6.37. The minimum absolute atomic E-state index is 0.0206. The lowest BCUT2D eigenvalue weighted by molar-refractivity contribution is -0.118. The zero-order valence-electron chi connectivity index (χ0n) is 15.5. The number of benzene rings is 2. The lowest BCUT2D eigenvalue weighted by Crippen LogP contribution is -2.37. The molecular weight excluding hydrogens is 401 g/mol. The molecule has 1 heterocycles. The first kappa shape index (κ1) is 20.1. The maximum Gasteiger partial charge on any atom is 0.233 e. The van der Waals surface area contributed by atoms with Gasteiger partial charge in [-0.2, -0.15) is 0 Å². The van der Waals surface area contributed by atoms with Crippen molar-refractivity contribution in [1.82, 2.24) is 9.88 Å². The van der Waals surface area contributed by atoms with Crippen LogP contribution >= 0.6 is 34.5 Å². The maximum absolute atomic E-state index is 13.1. The monoisotopic (exact) mass is 421 g/mol. The molecule has 27 heavy (non-hydrogen) atoms. The number of fused-ring (bicyclic) bond motifs is 1. The largest absolute Gasteiger partial charge is 0.308 e. The zero-order valence-corrected chi connectivity index (χ0v) is 17.8. The van der Waals surface area contributed by atoms with Crippen molar-refractivity contribution in [2.24, 2.45) is 0 Å². The van der Waals surface area contributed by atoms with E-state index in [0.717, 1.165) is 27.9 Å². The summed E-state index contributed by atoms with van der Waals surface area (Å²) in [6.07, 6.45) is 0.239. The van der Waals surface area contributed by atoms with Crippen LogP contribution < -0.4 is 4.90 Å². The van der Waals surface area contributed by atoms with E-state index in [0.29, 0.717) is 21.7 Å². The van der Waals surface area contributed by atoms with Gasteiger partial charge < -0.3 is 4.90 Å². The smallest absolute Gasteiger partial charge is 0.233 e. The Hall–Kier alpha value is -1.66. The maximum atomic E-state index is 13.1. The first-order valence-corrected chi connectivity index (χ1v) is 10.2. The molecule has 0 aliphatic heterocycles. The second-order valence-corrected chi connectivity index (χ2v) is 8.54. The Bertz CT molecular complexity index is 971. The van der Waals surface area contributed by atoms with Crippen LogP contribution in [0.4, 0.5) is 5.13 Å². The quantitative estimate of drug-likeness (QED) is 0.558. The van der Waals surface area contributed by atoms with Crippen LogP contribution in [0.1, 0.15) is 11.1 Å². The fraction of sp³-hybridized carbons (Fsp3) is 0.300. The molecule has 1 amide bonds. The molecule has 0 radical (unpaired) electrons. The van der Waals surface area contributed by atoms with Crippen LogP contribution in [0.3, 0.4) is 0 Å². The lowest BCUT2D eigenvalue weighted by Gasteiger charge is -2.22. The number of halogens is 2. The van der Waals surface area contributed by atoms with Crippen LogP contribution in [-0.4, -0.2) is 43.0 Å². The van der Waals surface area contributed by atoms with Gasteiger partial charge in [0.2, 0.25) is 5.91 Å². The molecule has 3 rings (SSSR count). The van der Waals surface area contributed by atoms with E-state index in [1.54, 1.807) is 11.0 Å². The molecule has 0 fully saturated rings. The molecule has 0 spiro atoms. The highest BCUT2D eigenvalue weighted by molar-refractivity contribution is 7.22. The molecule has 2 aromatic carbocycles. The number of rotatable bonds is 6. The number of carbonyl (C=O) groups is 1. The third kappa shape index (κ3) is 4.79. The van der Waals surface area contributed by atoms with E-state index in [1.165, 1.54) is 11.3 Å². The summed E-state index contributed by atoms with van der Waals surface area (Å²) in [6.45, 7) is 3.28. The molecule has 0 unspecified atom stereocenters. The summed E-state index contributed by atoms with van der Waals surface area (Å²) in [7, 11) is 3.97. The number of aromatic nitrogens is 1. The van der Waals surface area contributed by atoms with Crippen molar-refractivity contribution in [2.75, 3.05) is 32.1 Å². The van der Waals surface area contributed by atoms with Crippen LogP contribution in [-0.2, 0) is 11.2 Å². The van der Waals surface area contributed by atoms with Gasteiger partial charge in [-0.25, -0.2) is 4.98 Å². The van der Waals surface area contributed by atoms with E-state index >= 15 is 0 Å². The number of amides is 1. The van der Waals surface area contributed by atoms with E-state index in [4.69, 9.17) is 28.2 Å². The van der Waals surface area contributed by atoms with Crippen molar-refractivity contribution >= 4 is 55.8 Å². The highest BCUT2D eigenvalue weighted by Crippen LogP contribution is 2.33. The molecule has 0 N–H and O–H groups in total. The summed E-state index contributed by atoms with van der Waals surface area (Å²) >= 11 is 13.9. The fourth-order valence-electron chi connectivity index (χ4n) is 2.79. The minimum Gasteiger partial charge on any atom is -0.308 e. The Morgan fingerprint density at radius 3 is 2.59 bits per heavy atom. The van der Waals surface area contributed by atoms with Gasteiger partial charge in [0.15, 0.2) is 5.13 Å². The van der Waals surface area contributed by atoms with Crippen LogP contribution in [0.25, 0.3) is 10.2 Å². The number of hydrogen-bond acceptors (Lipinski definition) is 4. The van der Waals surface area contributed by atoms with E-state index in [2.05, 4.69) is 0 Å². The first-order valence-electron chi connectivity index (χ1n) is 8.60. The predicted molar refractivity (Wildman–Crippen MR) is 115 cm³/mol. The molecule has 0 aliphatic carbocycles. The van der Waals surface area contributed by atoms with Crippen LogP contribution in [0, 0.1) is 6.92 Å². The van der Waals surface area contributed by atoms with Gasteiger partial charge in [0.25, 0.3) is 0 Å². The van der Waals surface area contributed by atoms with Crippen molar-refractivity contribution in [1.29, 1.82) is 0 Å². The Labute approximate surface area is 173 Å². The van der Waals surface area contributed by atoms with Crippen molar-refractivity contribution in [3.8, 4) is 0 Å². The summed E-state index contributed by atoms with van der Waals surface area (Å²) in [5, 5.41) is 1.97. The van der Waals surface area contributed by atoms with Gasteiger partial charge >= 0.3 is 0 Å². The van der Waals surface area contributed by atoms with E-state index in [9.17, 15) is 4.79 Å². The molecule has 0 atom stereocenters. The van der Waals surface area contributed by atoms with Gasteiger partial charge in [0, 0.05) is 23.1 Å². The molecule has 7 heteroatoms. The predicted octanol–water partition coefficient (Wildman–Crippen LogP) is 5.05. The van der Waals surface area contributed by atoms with Crippen LogP contribution in [0.15, 0.2) is 36.4 Å². The molecule has 142 valence electrons. The first-order chi connectivity index (χ1) is 12.8. The number of thiazole rings is 1. The normalized spacial score (nSPS) is 11.3. The van der Waals surface area contributed by atoms with E-state index in [1.807, 2.05) is 56.3 Å². The molecule has 0 aliphatic rings. The van der Waals surface area contributed by atoms with E-state index in [-0.39, 0.29) is 12.3 Å². The zero-order chi connectivity index (χ0) is 19.6. The minimum atomic E-state index is -0.0206. The standard InChI is InChI=1S/C20H21Cl2N3OS/c1-13-10-15(21)12-17-19(13)23-20(27-17)25(9-8-24(2)3)18(26)11-14-6-4-5-7-16(14)22/h4-7,10,12H,8-9,11H2,1-3H3. The van der Waals surface area contributed by atoms with Gasteiger partial charge in [-0.1, -0.05) is 52.7 Å². The van der Waals surface area contributed by atoms with Gasteiger partial charge in [-0.15, -0.1) is 0 Å². The second kappa shape index (κ2) is 8.57. The number of anilines is 1. The number of carbonyl (C=O) groups excluding carboxylic acids is 1. The molecule has 0 bridgehead atoms. The van der Waals surface area contributed by atoms with Crippen molar-refractivity contribution in [2.45, 2.75) is 13.3 Å². The number of nitrogens with zero attached hydrogens (tertiary/aromatic N) is 3. The van der Waals surface area contributed by atoms with Crippen molar-refractivity contribution in [3.05, 3.63) is 57.6 Å². The summed E-state index contributed by atoms with van der Waals surface area (Å²) in [5.74, 6) is -0.0206. The van der Waals surface area contributed by atoms with Gasteiger partial charge in [0.1, 0.15) is 0 Å². The second-order valence-electron chi connectivity index (χ2n) is 6.68. The molecule has 4 nitrogen and oxygen atoms in total. The number of aryl methyl sites for hydroxylation is 1. The van der Waals surface area contributed by atoms with Gasteiger partial charge in [-0.05, 0) is 50.3 Å².